The fourth-order valence-corrected chi connectivity index (χ4v) is 2.87. The number of fused-ring (bicyclic) bond motifs is 1. The van der Waals surface area contributed by atoms with Crippen molar-refractivity contribution in [2.45, 2.75) is 32.0 Å². The summed E-state index contributed by atoms with van der Waals surface area (Å²) in [6, 6.07) is 6.67. The molecule has 0 saturated carbocycles. The van der Waals surface area contributed by atoms with Gasteiger partial charge in [0, 0.05) is 18.9 Å². The number of carbonyl (C=O) groups excluding carboxylic acids is 2. The molecule has 1 aliphatic heterocycles. The lowest BCUT2D eigenvalue weighted by Crippen LogP contribution is -2.41. The Morgan fingerprint density at radius 3 is 2.80 bits per heavy atom. The average molecular weight is 344 g/mol. The highest BCUT2D eigenvalue weighted by molar-refractivity contribution is 5.91. The lowest BCUT2D eigenvalue weighted by Gasteiger charge is -2.13. The van der Waals surface area contributed by atoms with Gasteiger partial charge in [0.25, 0.3) is 5.56 Å². The number of ether oxygens (including phenoxy) is 1. The first-order chi connectivity index (χ1) is 12.1. The fourth-order valence-electron chi connectivity index (χ4n) is 2.87. The number of rotatable bonds is 6. The van der Waals surface area contributed by atoms with E-state index in [-0.39, 0.29) is 23.9 Å². The quantitative estimate of drug-likeness (QED) is 0.764. The molecule has 25 heavy (non-hydrogen) atoms. The Morgan fingerprint density at radius 2 is 2.12 bits per heavy atom. The van der Waals surface area contributed by atoms with Crippen molar-refractivity contribution in [2.24, 2.45) is 0 Å². The van der Waals surface area contributed by atoms with Crippen LogP contribution in [0.2, 0.25) is 0 Å². The van der Waals surface area contributed by atoms with E-state index in [2.05, 4.69) is 15.7 Å². The Kier molecular flexibility index (Phi) is 5.08. The van der Waals surface area contributed by atoms with Crippen molar-refractivity contribution < 1.29 is 14.3 Å². The van der Waals surface area contributed by atoms with Crippen molar-refractivity contribution in [1.29, 1.82) is 0 Å². The summed E-state index contributed by atoms with van der Waals surface area (Å²) in [5.74, 6) is -0.358. The molecule has 2 aromatic rings. The van der Waals surface area contributed by atoms with E-state index in [1.807, 2.05) is 12.1 Å². The molecule has 1 aliphatic rings. The number of hydrogen-bond donors (Lipinski definition) is 2. The molecule has 132 valence electrons. The molecular weight excluding hydrogens is 324 g/mol. The second-order valence-corrected chi connectivity index (χ2v) is 5.89. The van der Waals surface area contributed by atoms with Gasteiger partial charge in [0.1, 0.15) is 6.04 Å². The van der Waals surface area contributed by atoms with Gasteiger partial charge >= 0.3 is 0 Å². The molecule has 8 heteroatoms. The number of benzene rings is 1. The minimum atomic E-state index is -0.502. The van der Waals surface area contributed by atoms with Crippen LogP contribution in [0.15, 0.2) is 29.1 Å². The Bertz CT molecular complexity index is 861. The first-order valence-corrected chi connectivity index (χ1v) is 8.15. The lowest BCUT2D eigenvalue weighted by molar-refractivity contribution is -0.125. The predicted octanol–water partition coefficient (Wildman–Crippen LogP) is -0.0623. The van der Waals surface area contributed by atoms with E-state index in [0.29, 0.717) is 42.5 Å². The zero-order valence-electron chi connectivity index (χ0n) is 13.9. The molecule has 1 unspecified atom stereocenters. The molecule has 0 radical (unpaired) electrons. The van der Waals surface area contributed by atoms with E-state index in [1.54, 1.807) is 19.2 Å². The average Bonchev–Trinajstić information content (AvgIpc) is 3.06. The minimum absolute atomic E-state index is 0.114. The minimum Gasteiger partial charge on any atom is -0.383 e. The normalized spacial score (nSPS) is 16.8. The number of nitrogens with one attached hydrogen (secondary N) is 2. The van der Waals surface area contributed by atoms with Crippen LogP contribution in [-0.4, -0.2) is 41.4 Å². The lowest BCUT2D eigenvalue weighted by atomic mass is 10.1. The van der Waals surface area contributed by atoms with Crippen molar-refractivity contribution >= 4 is 22.6 Å². The van der Waals surface area contributed by atoms with E-state index < -0.39 is 6.04 Å². The summed E-state index contributed by atoms with van der Waals surface area (Å²) in [6.07, 6.45) is 0.855. The summed E-state index contributed by atoms with van der Waals surface area (Å²) in [5.41, 5.74) is 0.412. The monoisotopic (exact) mass is 344 g/mol. The molecule has 2 N–H and O–H groups in total. The van der Waals surface area contributed by atoms with Crippen LogP contribution in [0, 0.1) is 0 Å². The van der Waals surface area contributed by atoms with Crippen LogP contribution in [-0.2, 0) is 27.4 Å². The maximum absolute atomic E-state index is 12.5. The van der Waals surface area contributed by atoms with E-state index >= 15 is 0 Å². The molecule has 3 rings (SSSR count). The molecule has 0 bridgehead atoms. The smallest absolute Gasteiger partial charge is 0.274 e. The number of methoxy groups -OCH3 is 1. The molecule has 1 saturated heterocycles. The Labute approximate surface area is 144 Å². The summed E-state index contributed by atoms with van der Waals surface area (Å²) < 4.78 is 6.37. The van der Waals surface area contributed by atoms with Gasteiger partial charge in [-0.15, -0.1) is 0 Å². The van der Waals surface area contributed by atoms with Crippen LogP contribution >= 0.6 is 0 Å². The van der Waals surface area contributed by atoms with Gasteiger partial charge in [-0.05, 0) is 12.5 Å². The second-order valence-electron chi connectivity index (χ2n) is 5.89. The summed E-state index contributed by atoms with van der Waals surface area (Å²) in [5, 5.41) is 11.1. The molecule has 1 aromatic carbocycles. The fraction of sp³-hybridized carbons (Fsp3) is 0.412. The molecule has 1 aromatic heterocycles. The molecule has 1 fully saturated rings. The van der Waals surface area contributed by atoms with E-state index in [0.717, 1.165) is 0 Å². The van der Waals surface area contributed by atoms with E-state index in [9.17, 15) is 14.4 Å². The summed E-state index contributed by atoms with van der Waals surface area (Å²) >= 11 is 0. The topological polar surface area (TPSA) is 102 Å². The summed E-state index contributed by atoms with van der Waals surface area (Å²) in [6.45, 7) is 0.879. The van der Waals surface area contributed by atoms with E-state index in [1.165, 1.54) is 4.68 Å². The molecule has 1 atom stereocenters. The van der Waals surface area contributed by atoms with Gasteiger partial charge in [-0.3, -0.25) is 14.4 Å². The largest absolute Gasteiger partial charge is 0.383 e. The summed E-state index contributed by atoms with van der Waals surface area (Å²) in [4.78, 5) is 35.9. The summed E-state index contributed by atoms with van der Waals surface area (Å²) in [7, 11) is 1.56. The number of hydrogen-bond acceptors (Lipinski definition) is 5. The number of carbonyl (C=O) groups is 2. The molecule has 8 nitrogen and oxygen atoms in total. The first kappa shape index (κ1) is 17.1. The molecule has 2 amide bonds. The van der Waals surface area contributed by atoms with Gasteiger partial charge in [-0.1, -0.05) is 18.2 Å². The standard InChI is InChI=1S/C17H20N4O4/c1-25-9-8-21-17(24)12-5-3-2-4-11(12)14(20-21)10-18-16(23)13-6-7-15(22)19-13/h2-5,13H,6-10H2,1H3,(H,18,23)(H,19,22). The zero-order chi connectivity index (χ0) is 17.8. The van der Waals surface area contributed by atoms with Crippen molar-refractivity contribution in [3.05, 3.63) is 40.3 Å². The van der Waals surface area contributed by atoms with Gasteiger partial charge < -0.3 is 15.4 Å². The highest BCUT2D eigenvalue weighted by Gasteiger charge is 2.27. The maximum Gasteiger partial charge on any atom is 0.274 e. The van der Waals surface area contributed by atoms with Gasteiger partial charge in [0.05, 0.1) is 30.8 Å². The highest BCUT2D eigenvalue weighted by atomic mass is 16.5. The van der Waals surface area contributed by atoms with Crippen LogP contribution in [0.4, 0.5) is 0 Å². The van der Waals surface area contributed by atoms with Crippen molar-refractivity contribution in [2.75, 3.05) is 13.7 Å². The Hall–Kier alpha value is -2.74. The predicted molar refractivity (Wildman–Crippen MR) is 90.9 cm³/mol. The van der Waals surface area contributed by atoms with Gasteiger partial charge in [-0.2, -0.15) is 5.10 Å². The van der Waals surface area contributed by atoms with Crippen LogP contribution in [0.1, 0.15) is 18.5 Å². The molecule has 0 spiro atoms. The van der Waals surface area contributed by atoms with Gasteiger partial charge in [0.2, 0.25) is 11.8 Å². The van der Waals surface area contributed by atoms with E-state index in [4.69, 9.17) is 4.74 Å². The number of nitrogens with zero attached hydrogens (tertiary/aromatic N) is 2. The number of aromatic nitrogens is 2. The number of amides is 2. The van der Waals surface area contributed by atoms with Gasteiger partial charge in [-0.25, -0.2) is 4.68 Å². The van der Waals surface area contributed by atoms with Crippen LogP contribution in [0.5, 0.6) is 0 Å². The van der Waals surface area contributed by atoms with Gasteiger partial charge in [0.15, 0.2) is 0 Å². The SMILES string of the molecule is COCCn1nc(CNC(=O)C2CCC(=O)N2)c2ccccc2c1=O. The third-order valence-corrected chi connectivity index (χ3v) is 4.19. The second kappa shape index (κ2) is 7.43. The Balaban J connectivity index is 1.84. The molecule has 2 heterocycles. The van der Waals surface area contributed by atoms with Crippen molar-refractivity contribution in [3.63, 3.8) is 0 Å². The third-order valence-electron chi connectivity index (χ3n) is 4.19. The first-order valence-electron chi connectivity index (χ1n) is 8.15. The van der Waals surface area contributed by atoms with Crippen LogP contribution in [0.25, 0.3) is 10.8 Å². The molecule has 0 aliphatic carbocycles. The van der Waals surface area contributed by atoms with Crippen LogP contribution < -0.4 is 16.2 Å². The van der Waals surface area contributed by atoms with Crippen LogP contribution in [0.3, 0.4) is 0 Å². The molecular formula is C17H20N4O4. The van der Waals surface area contributed by atoms with Crippen molar-refractivity contribution in [3.8, 4) is 0 Å². The maximum atomic E-state index is 12.5. The zero-order valence-corrected chi connectivity index (χ0v) is 13.9. The third kappa shape index (κ3) is 3.69. The van der Waals surface area contributed by atoms with Crippen molar-refractivity contribution in [1.82, 2.24) is 20.4 Å². The highest BCUT2D eigenvalue weighted by Crippen LogP contribution is 2.13. The Morgan fingerprint density at radius 1 is 1.36 bits per heavy atom.